The van der Waals surface area contributed by atoms with Crippen LogP contribution in [0, 0.1) is 0 Å². The van der Waals surface area contributed by atoms with E-state index in [9.17, 15) is 9.59 Å². The lowest BCUT2D eigenvalue weighted by molar-refractivity contribution is -0.138. The minimum Gasteiger partial charge on any atom is -0.480 e. The van der Waals surface area contributed by atoms with Crippen LogP contribution in [0.5, 0.6) is 0 Å². The molecule has 3 unspecified atom stereocenters. The number of rotatable bonds is 3. The van der Waals surface area contributed by atoms with Crippen molar-refractivity contribution < 1.29 is 19.4 Å². The Kier molecular flexibility index (Phi) is 3.74. The highest BCUT2D eigenvalue weighted by molar-refractivity contribution is 5.82. The number of carbonyl (C=O) groups excluding carboxylic acids is 1. The van der Waals surface area contributed by atoms with Crippen LogP contribution < -0.4 is 10.6 Å². The number of nitrogens with one attached hydrogen (secondary N) is 2. The topological polar surface area (TPSA) is 87.7 Å². The van der Waals surface area contributed by atoms with Crippen molar-refractivity contribution in [2.45, 2.75) is 44.9 Å². The fourth-order valence-electron chi connectivity index (χ4n) is 1.55. The zero-order valence-electron chi connectivity index (χ0n) is 9.74. The van der Waals surface area contributed by atoms with Gasteiger partial charge in [0.05, 0.1) is 11.6 Å². The molecule has 0 bridgehead atoms. The summed E-state index contributed by atoms with van der Waals surface area (Å²) in [6.07, 6.45) is 0.654. The first kappa shape index (κ1) is 12.8. The van der Waals surface area contributed by atoms with Crippen LogP contribution >= 0.6 is 0 Å². The van der Waals surface area contributed by atoms with Crippen molar-refractivity contribution in [3.05, 3.63) is 0 Å². The minimum atomic E-state index is -1.06. The van der Waals surface area contributed by atoms with Crippen LogP contribution in [0.4, 0.5) is 4.79 Å². The van der Waals surface area contributed by atoms with Gasteiger partial charge in [0, 0.05) is 6.61 Å². The Balaban J connectivity index is 2.48. The number of hydrogen-bond donors (Lipinski definition) is 3. The normalized spacial score (nSPS) is 30.8. The van der Waals surface area contributed by atoms with E-state index in [4.69, 9.17) is 9.84 Å². The first-order chi connectivity index (χ1) is 7.35. The zero-order valence-corrected chi connectivity index (χ0v) is 9.74. The third-order valence-electron chi connectivity index (χ3n) is 3.00. The summed E-state index contributed by atoms with van der Waals surface area (Å²) in [5.41, 5.74) is -0.428. The smallest absolute Gasteiger partial charge is 0.325 e. The van der Waals surface area contributed by atoms with Gasteiger partial charge in [0.1, 0.15) is 6.04 Å². The number of urea groups is 1. The van der Waals surface area contributed by atoms with Crippen molar-refractivity contribution in [2.75, 3.05) is 6.61 Å². The van der Waals surface area contributed by atoms with E-state index < -0.39 is 23.6 Å². The Labute approximate surface area is 94.3 Å². The number of carboxylic acids is 1. The van der Waals surface area contributed by atoms with Gasteiger partial charge in [-0.05, 0) is 27.2 Å². The van der Waals surface area contributed by atoms with Gasteiger partial charge in [-0.3, -0.25) is 4.79 Å². The predicted octanol–water partition coefficient (Wildman–Crippen LogP) is 0.326. The van der Waals surface area contributed by atoms with Crippen LogP contribution in [0.1, 0.15) is 27.2 Å². The Morgan fingerprint density at radius 3 is 2.62 bits per heavy atom. The van der Waals surface area contributed by atoms with E-state index in [1.807, 2.05) is 13.8 Å². The number of aliphatic carboxylic acids is 1. The molecule has 3 N–H and O–H groups in total. The maximum Gasteiger partial charge on any atom is 0.325 e. The Bertz CT molecular complexity index is 295. The molecule has 6 heteroatoms. The van der Waals surface area contributed by atoms with Crippen molar-refractivity contribution >= 4 is 12.0 Å². The first-order valence-electron chi connectivity index (χ1n) is 5.28. The molecule has 3 atom stereocenters. The molecule has 0 aromatic heterocycles. The number of carboxylic acid groups (broad SMARTS) is 1. The summed E-state index contributed by atoms with van der Waals surface area (Å²) in [6.45, 7) is 5.79. The van der Waals surface area contributed by atoms with Gasteiger partial charge in [0.15, 0.2) is 0 Å². The van der Waals surface area contributed by atoms with Gasteiger partial charge in [-0.15, -0.1) is 0 Å². The molecule has 0 spiro atoms. The van der Waals surface area contributed by atoms with Crippen molar-refractivity contribution in [3.63, 3.8) is 0 Å². The van der Waals surface area contributed by atoms with Crippen molar-refractivity contribution in [3.8, 4) is 0 Å². The molecule has 0 aliphatic carbocycles. The lowest BCUT2D eigenvalue weighted by Crippen LogP contribution is -2.56. The lowest BCUT2D eigenvalue weighted by atomic mass is 9.95. The van der Waals surface area contributed by atoms with Crippen LogP contribution in [0.15, 0.2) is 0 Å². The average Bonchev–Trinajstić information content (AvgIpc) is 2.46. The molecule has 92 valence electrons. The zero-order chi connectivity index (χ0) is 12.3. The SMILES string of the molecule is CC(NC(=O)NC1(C)CCOC1C)C(=O)O. The molecule has 1 aliphatic heterocycles. The van der Waals surface area contributed by atoms with E-state index in [-0.39, 0.29) is 6.10 Å². The quantitative estimate of drug-likeness (QED) is 0.651. The highest BCUT2D eigenvalue weighted by atomic mass is 16.5. The molecule has 6 nitrogen and oxygen atoms in total. The van der Waals surface area contributed by atoms with E-state index in [1.54, 1.807) is 0 Å². The van der Waals surface area contributed by atoms with Crippen LogP contribution in [0.2, 0.25) is 0 Å². The third kappa shape index (κ3) is 2.85. The molecule has 1 rings (SSSR count). The van der Waals surface area contributed by atoms with E-state index >= 15 is 0 Å². The molecule has 0 saturated carbocycles. The number of carbonyl (C=O) groups is 2. The van der Waals surface area contributed by atoms with Crippen LogP contribution in [-0.4, -0.2) is 41.4 Å². The summed E-state index contributed by atoms with van der Waals surface area (Å²) in [6, 6.07) is -1.38. The van der Waals surface area contributed by atoms with Gasteiger partial charge < -0.3 is 20.5 Å². The first-order valence-corrected chi connectivity index (χ1v) is 5.28. The molecule has 1 aliphatic rings. The van der Waals surface area contributed by atoms with E-state index in [2.05, 4.69) is 10.6 Å². The van der Waals surface area contributed by atoms with Crippen LogP contribution in [0.25, 0.3) is 0 Å². The molecule has 1 heterocycles. The highest BCUT2D eigenvalue weighted by Gasteiger charge is 2.38. The van der Waals surface area contributed by atoms with Crippen LogP contribution in [-0.2, 0) is 9.53 Å². The van der Waals surface area contributed by atoms with E-state index in [0.29, 0.717) is 6.61 Å². The summed E-state index contributed by atoms with van der Waals surface area (Å²) >= 11 is 0. The summed E-state index contributed by atoms with van der Waals surface area (Å²) in [5, 5.41) is 13.7. The van der Waals surface area contributed by atoms with Crippen molar-refractivity contribution in [1.29, 1.82) is 0 Å². The number of hydrogen-bond acceptors (Lipinski definition) is 3. The summed E-state index contributed by atoms with van der Waals surface area (Å²) in [7, 11) is 0. The number of amides is 2. The molecule has 1 fully saturated rings. The highest BCUT2D eigenvalue weighted by Crippen LogP contribution is 2.24. The monoisotopic (exact) mass is 230 g/mol. The molecule has 0 aromatic carbocycles. The predicted molar refractivity (Wildman–Crippen MR) is 57.2 cm³/mol. The molecule has 1 saturated heterocycles. The second-order valence-electron chi connectivity index (χ2n) is 4.34. The molecule has 16 heavy (non-hydrogen) atoms. The molecular weight excluding hydrogens is 212 g/mol. The van der Waals surface area contributed by atoms with Crippen molar-refractivity contribution in [1.82, 2.24) is 10.6 Å². The molecule has 0 radical (unpaired) electrons. The summed E-state index contributed by atoms with van der Waals surface area (Å²) in [4.78, 5) is 22.1. The van der Waals surface area contributed by atoms with Crippen molar-refractivity contribution in [2.24, 2.45) is 0 Å². The van der Waals surface area contributed by atoms with Gasteiger partial charge in [-0.2, -0.15) is 0 Å². The minimum absolute atomic E-state index is 0.0709. The van der Waals surface area contributed by atoms with Gasteiger partial charge in [-0.25, -0.2) is 4.79 Å². The fraction of sp³-hybridized carbons (Fsp3) is 0.800. The maximum atomic E-state index is 11.5. The van der Waals surface area contributed by atoms with Gasteiger partial charge in [0.2, 0.25) is 0 Å². The molecule has 0 aromatic rings. The lowest BCUT2D eigenvalue weighted by Gasteiger charge is -2.29. The van der Waals surface area contributed by atoms with Gasteiger partial charge in [0.25, 0.3) is 0 Å². The average molecular weight is 230 g/mol. The maximum absolute atomic E-state index is 11.5. The standard InChI is InChI=1S/C10H18N2O4/c1-6(8(13)14)11-9(15)12-10(3)4-5-16-7(10)2/h6-7H,4-5H2,1-3H3,(H,13,14)(H2,11,12,15). The summed E-state index contributed by atoms with van der Waals surface area (Å²) < 4.78 is 5.36. The largest absolute Gasteiger partial charge is 0.480 e. The Morgan fingerprint density at radius 2 is 2.19 bits per heavy atom. The number of ether oxygens (including phenoxy) is 1. The fourth-order valence-corrected chi connectivity index (χ4v) is 1.55. The van der Waals surface area contributed by atoms with Gasteiger partial charge in [-0.1, -0.05) is 0 Å². The van der Waals surface area contributed by atoms with E-state index in [1.165, 1.54) is 6.92 Å². The third-order valence-corrected chi connectivity index (χ3v) is 3.00. The van der Waals surface area contributed by atoms with Crippen LogP contribution in [0.3, 0.4) is 0 Å². The van der Waals surface area contributed by atoms with Gasteiger partial charge >= 0.3 is 12.0 Å². The molecule has 2 amide bonds. The summed E-state index contributed by atoms with van der Waals surface area (Å²) in [5.74, 6) is -1.06. The second kappa shape index (κ2) is 4.69. The molecular formula is C10H18N2O4. The Morgan fingerprint density at radius 1 is 1.56 bits per heavy atom. The Hall–Kier alpha value is -1.30. The van der Waals surface area contributed by atoms with E-state index in [0.717, 1.165) is 6.42 Å². The second-order valence-corrected chi connectivity index (χ2v) is 4.34.